The Kier molecular flexibility index (Phi) is 8.89. The van der Waals surface area contributed by atoms with Crippen LogP contribution >= 0.6 is 11.8 Å². The van der Waals surface area contributed by atoms with Gasteiger partial charge in [0.05, 0.1) is 0 Å². The third-order valence-electron chi connectivity index (χ3n) is 5.21. The number of hydrogen-bond donors (Lipinski definition) is 2. The van der Waals surface area contributed by atoms with Gasteiger partial charge in [0, 0.05) is 18.8 Å². The lowest BCUT2D eigenvalue weighted by molar-refractivity contribution is -0.122. The van der Waals surface area contributed by atoms with Crippen molar-refractivity contribution >= 4 is 27.7 Å². The van der Waals surface area contributed by atoms with Gasteiger partial charge in [-0.15, -0.1) is 0 Å². The number of nitrogens with zero attached hydrogens (tertiary/aromatic N) is 1. The molecule has 1 heterocycles. The van der Waals surface area contributed by atoms with Gasteiger partial charge in [-0.05, 0) is 67.9 Å². The summed E-state index contributed by atoms with van der Waals surface area (Å²) in [5, 5.41) is 2.77. The number of aromatic nitrogens is 1. The molecule has 2 aromatic rings. The summed E-state index contributed by atoms with van der Waals surface area (Å²) < 4.78 is 47.6. The van der Waals surface area contributed by atoms with Crippen molar-refractivity contribution in [1.82, 2.24) is 15.0 Å². The van der Waals surface area contributed by atoms with Gasteiger partial charge in [0.25, 0.3) is 0 Å². The van der Waals surface area contributed by atoms with Crippen molar-refractivity contribution in [2.75, 3.05) is 12.0 Å². The number of carbonyl (C=O) groups is 1. The number of pyridine rings is 1. The van der Waals surface area contributed by atoms with Gasteiger partial charge in [-0.2, -0.15) is 16.5 Å². The fourth-order valence-electron chi connectivity index (χ4n) is 3.51. The summed E-state index contributed by atoms with van der Waals surface area (Å²) in [6, 6.07) is 7.60. The number of sulfonamides is 1. The van der Waals surface area contributed by atoms with E-state index in [1.807, 2.05) is 6.26 Å². The summed E-state index contributed by atoms with van der Waals surface area (Å²) in [6.07, 6.45) is 8.27. The molecule has 0 spiro atoms. The van der Waals surface area contributed by atoms with E-state index < -0.39 is 32.7 Å². The van der Waals surface area contributed by atoms with Crippen LogP contribution in [0.4, 0.5) is 4.39 Å². The van der Waals surface area contributed by atoms with Gasteiger partial charge in [-0.3, -0.25) is 4.79 Å². The molecule has 174 valence electrons. The number of benzene rings is 1. The Labute approximate surface area is 192 Å². The maximum absolute atomic E-state index is 14.0. The van der Waals surface area contributed by atoms with Gasteiger partial charge in [0.2, 0.25) is 21.8 Å². The van der Waals surface area contributed by atoms with E-state index in [1.165, 1.54) is 30.0 Å². The van der Waals surface area contributed by atoms with Crippen molar-refractivity contribution < 1.29 is 22.3 Å². The van der Waals surface area contributed by atoms with Gasteiger partial charge in [-0.25, -0.2) is 17.8 Å². The predicted octanol–water partition coefficient (Wildman–Crippen LogP) is 3.26. The lowest BCUT2D eigenvalue weighted by Gasteiger charge is -2.19. The molecule has 1 unspecified atom stereocenters. The molecule has 10 heteroatoms. The van der Waals surface area contributed by atoms with Crippen LogP contribution in [0.25, 0.3) is 0 Å². The highest BCUT2D eigenvalue weighted by atomic mass is 32.2. The highest BCUT2D eigenvalue weighted by molar-refractivity contribution is 7.98. The van der Waals surface area contributed by atoms with Crippen molar-refractivity contribution in [2.24, 2.45) is 0 Å². The molecule has 3 rings (SSSR count). The van der Waals surface area contributed by atoms with Crippen molar-refractivity contribution in [2.45, 2.75) is 55.7 Å². The van der Waals surface area contributed by atoms with Crippen molar-refractivity contribution in [1.29, 1.82) is 0 Å². The summed E-state index contributed by atoms with van der Waals surface area (Å²) in [5.41, 5.74) is 0.793. The van der Waals surface area contributed by atoms with Crippen LogP contribution in [0.2, 0.25) is 0 Å². The summed E-state index contributed by atoms with van der Waals surface area (Å²) in [5.74, 6) is -0.264. The molecule has 1 aliphatic carbocycles. The fraction of sp³-hybridized carbons (Fsp3) is 0.455. The molecular formula is C22H28FN3O4S2. The van der Waals surface area contributed by atoms with Gasteiger partial charge >= 0.3 is 0 Å². The SMILES string of the molecule is CSCCC(NS(=O)(=O)c1ccccc1F)C(=O)NCc1ccnc(OC2CCCC2)c1. The van der Waals surface area contributed by atoms with Crippen LogP contribution in [0.1, 0.15) is 37.7 Å². The molecule has 0 bridgehead atoms. The van der Waals surface area contributed by atoms with Crippen molar-refractivity contribution in [3.63, 3.8) is 0 Å². The van der Waals surface area contributed by atoms with E-state index in [-0.39, 0.29) is 19.1 Å². The van der Waals surface area contributed by atoms with E-state index in [0.29, 0.717) is 11.6 Å². The first-order valence-electron chi connectivity index (χ1n) is 10.5. The summed E-state index contributed by atoms with van der Waals surface area (Å²) in [7, 11) is -4.19. The van der Waals surface area contributed by atoms with E-state index in [9.17, 15) is 17.6 Å². The average Bonchev–Trinajstić information content (AvgIpc) is 3.28. The summed E-state index contributed by atoms with van der Waals surface area (Å²) in [4.78, 5) is 16.5. The molecule has 1 aromatic carbocycles. The molecular weight excluding hydrogens is 453 g/mol. The number of carbonyl (C=O) groups excluding carboxylic acids is 1. The first-order valence-corrected chi connectivity index (χ1v) is 13.4. The van der Waals surface area contributed by atoms with Crippen LogP contribution in [0, 0.1) is 5.82 Å². The molecule has 2 N–H and O–H groups in total. The zero-order valence-corrected chi connectivity index (χ0v) is 19.6. The molecule has 1 atom stereocenters. The van der Waals surface area contributed by atoms with Crippen LogP contribution < -0.4 is 14.8 Å². The molecule has 7 nitrogen and oxygen atoms in total. The van der Waals surface area contributed by atoms with E-state index >= 15 is 0 Å². The third kappa shape index (κ3) is 6.91. The van der Waals surface area contributed by atoms with Crippen LogP contribution in [0.15, 0.2) is 47.5 Å². The standard InChI is InChI=1S/C22H28FN3O4S2/c1-31-13-11-19(26-32(28,29)20-9-5-4-8-18(20)23)22(27)25-15-16-10-12-24-21(14-16)30-17-6-2-3-7-17/h4-5,8-10,12,14,17,19,26H,2-3,6-7,11,13,15H2,1H3,(H,25,27). The molecule has 1 saturated carbocycles. The van der Waals surface area contributed by atoms with Crippen LogP contribution in [0.3, 0.4) is 0 Å². The van der Waals surface area contributed by atoms with E-state index in [1.54, 1.807) is 18.3 Å². The van der Waals surface area contributed by atoms with Crippen molar-refractivity contribution in [3.05, 3.63) is 54.0 Å². The minimum absolute atomic E-state index is 0.177. The lowest BCUT2D eigenvalue weighted by Crippen LogP contribution is -2.46. The second kappa shape index (κ2) is 11.6. The maximum Gasteiger partial charge on any atom is 0.244 e. The number of ether oxygens (including phenoxy) is 1. The van der Waals surface area contributed by atoms with Gasteiger partial charge < -0.3 is 10.1 Å². The molecule has 1 fully saturated rings. The largest absolute Gasteiger partial charge is 0.474 e. The number of thioether (sulfide) groups is 1. The number of halogens is 1. The Morgan fingerprint density at radius 2 is 2.03 bits per heavy atom. The highest BCUT2D eigenvalue weighted by Crippen LogP contribution is 2.23. The maximum atomic E-state index is 14.0. The molecule has 1 aromatic heterocycles. The number of hydrogen-bond acceptors (Lipinski definition) is 6. The molecule has 1 aliphatic rings. The molecule has 0 saturated heterocycles. The highest BCUT2D eigenvalue weighted by Gasteiger charge is 2.27. The van der Waals surface area contributed by atoms with E-state index in [0.717, 1.165) is 37.3 Å². The monoisotopic (exact) mass is 481 g/mol. The Morgan fingerprint density at radius 1 is 1.28 bits per heavy atom. The van der Waals surface area contributed by atoms with Gasteiger partial charge in [0.1, 0.15) is 22.9 Å². The third-order valence-corrected chi connectivity index (χ3v) is 7.36. The second-order valence-corrected chi connectivity index (χ2v) is 10.3. The van der Waals surface area contributed by atoms with E-state index in [4.69, 9.17) is 4.74 Å². The number of amides is 1. The second-order valence-electron chi connectivity index (χ2n) is 7.63. The first-order chi connectivity index (χ1) is 15.4. The zero-order valence-electron chi connectivity index (χ0n) is 17.9. The van der Waals surface area contributed by atoms with Crippen LogP contribution in [0.5, 0.6) is 5.88 Å². The Morgan fingerprint density at radius 3 is 2.75 bits per heavy atom. The van der Waals surface area contributed by atoms with Gasteiger partial charge in [0.15, 0.2) is 0 Å². The topological polar surface area (TPSA) is 97.4 Å². The van der Waals surface area contributed by atoms with Crippen molar-refractivity contribution in [3.8, 4) is 5.88 Å². The number of nitrogens with one attached hydrogen (secondary N) is 2. The smallest absolute Gasteiger partial charge is 0.244 e. The minimum atomic E-state index is -4.19. The molecule has 1 amide bonds. The Hall–Kier alpha value is -2.17. The molecule has 0 aliphatic heterocycles. The predicted molar refractivity (Wildman–Crippen MR) is 122 cm³/mol. The van der Waals surface area contributed by atoms with Gasteiger partial charge in [-0.1, -0.05) is 12.1 Å². The molecule has 32 heavy (non-hydrogen) atoms. The first kappa shape index (κ1) is 24.5. The lowest BCUT2D eigenvalue weighted by atomic mass is 10.2. The van der Waals surface area contributed by atoms with Crippen LogP contribution in [-0.2, 0) is 21.4 Å². The average molecular weight is 482 g/mol. The normalized spacial score (nSPS) is 15.4. The Bertz CT molecular complexity index is 1010. The van der Waals surface area contributed by atoms with Crippen LogP contribution in [-0.4, -0.2) is 43.5 Å². The molecule has 0 radical (unpaired) electrons. The Balaban J connectivity index is 1.64. The number of rotatable bonds is 11. The van der Waals surface area contributed by atoms with E-state index in [2.05, 4.69) is 15.0 Å². The quantitative estimate of drug-likeness (QED) is 0.511. The zero-order chi connectivity index (χ0) is 23.0. The fourth-order valence-corrected chi connectivity index (χ4v) is 5.29. The summed E-state index contributed by atoms with van der Waals surface area (Å²) >= 11 is 1.49. The minimum Gasteiger partial charge on any atom is -0.474 e. The summed E-state index contributed by atoms with van der Waals surface area (Å²) in [6.45, 7) is 0.194.